The highest BCUT2D eigenvalue weighted by Crippen LogP contribution is 2.16. The van der Waals surface area contributed by atoms with Gasteiger partial charge in [0.05, 0.1) is 0 Å². The Balaban J connectivity index is 4.20. The molecule has 0 bridgehead atoms. The summed E-state index contributed by atoms with van der Waals surface area (Å²) in [5, 5.41) is 0. The molecule has 0 rings (SSSR count). The molecule has 6 heteroatoms. The van der Waals surface area contributed by atoms with E-state index < -0.39 is 6.10 Å². The minimum absolute atomic E-state index is 0.0943. The van der Waals surface area contributed by atoms with Crippen LogP contribution in [0.1, 0.15) is 303 Å². The van der Waals surface area contributed by atoms with Gasteiger partial charge in [-0.3, -0.25) is 14.4 Å². The molecule has 1 unspecified atom stereocenters. The van der Waals surface area contributed by atoms with Crippen LogP contribution in [0.3, 0.4) is 0 Å². The average Bonchev–Trinajstić information content (AvgIpc) is 3.39. The summed E-state index contributed by atoms with van der Waals surface area (Å²) < 4.78 is 16.8. The van der Waals surface area contributed by atoms with Crippen LogP contribution in [-0.4, -0.2) is 37.2 Å². The van der Waals surface area contributed by atoms with Gasteiger partial charge < -0.3 is 14.2 Å². The summed E-state index contributed by atoms with van der Waals surface area (Å²) in [5.41, 5.74) is 0. The van der Waals surface area contributed by atoms with Crippen molar-refractivity contribution in [1.29, 1.82) is 0 Å². The SMILES string of the molecule is CC/C=C\C/C=C\C/C=C\C/C=C\CCCCC(=O)OC(COC(=O)CCCCCCC/C=C\CCCC)COC(=O)CCCCCCCCCCCCCCCCCCC/C=C\C/C=C\CCCCCCC. The molecule has 0 aliphatic carbocycles. The average molecular weight is 1020 g/mol. The smallest absolute Gasteiger partial charge is 0.306 e. The molecule has 0 aromatic rings. The van der Waals surface area contributed by atoms with Gasteiger partial charge in [0, 0.05) is 19.3 Å². The number of hydrogen-bond donors (Lipinski definition) is 0. The topological polar surface area (TPSA) is 78.9 Å². The van der Waals surface area contributed by atoms with E-state index in [9.17, 15) is 14.4 Å². The van der Waals surface area contributed by atoms with Crippen LogP contribution in [0.25, 0.3) is 0 Å². The maximum atomic E-state index is 12.8. The third-order valence-electron chi connectivity index (χ3n) is 13.4. The molecule has 420 valence electrons. The zero-order valence-electron chi connectivity index (χ0n) is 48.1. The van der Waals surface area contributed by atoms with Gasteiger partial charge >= 0.3 is 17.9 Å². The van der Waals surface area contributed by atoms with Crippen LogP contribution >= 0.6 is 0 Å². The van der Waals surface area contributed by atoms with Crippen LogP contribution in [0, 0.1) is 0 Å². The van der Waals surface area contributed by atoms with E-state index in [1.807, 2.05) is 0 Å². The van der Waals surface area contributed by atoms with Crippen LogP contribution in [0.5, 0.6) is 0 Å². The summed E-state index contributed by atoms with van der Waals surface area (Å²) in [6, 6.07) is 0. The fourth-order valence-corrected chi connectivity index (χ4v) is 8.68. The van der Waals surface area contributed by atoms with Gasteiger partial charge in [-0.25, -0.2) is 0 Å². The van der Waals surface area contributed by atoms with Crippen LogP contribution in [0.15, 0.2) is 85.1 Å². The van der Waals surface area contributed by atoms with E-state index in [-0.39, 0.29) is 37.5 Å². The summed E-state index contributed by atoms with van der Waals surface area (Å²) in [6.07, 6.45) is 80.4. The first-order valence-corrected chi connectivity index (χ1v) is 31.1. The Hall–Kier alpha value is -3.41. The highest BCUT2D eigenvalue weighted by atomic mass is 16.6. The molecule has 0 spiro atoms. The molecule has 0 aromatic heterocycles. The van der Waals surface area contributed by atoms with Crippen molar-refractivity contribution in [3.05, 3.63) is 85.1 Å². The molecule has 73 heavy (non-hydrogen) atoms. The largest absolute Gasteiger partial charge is 0.462 e. The van der Waals surface area contributed by atoms with E-state index in [1.54, 1.807) is 0 Å². The van der Waals surface area contributed by atoms with Crippen LogP contribution in [0.2, 0.25) is 0 Å². The minimum Gasteiger partial charge on any atom is -0.462 e. The van der Waals surface area contributed by atoms with Gasteiger partial charge in [0.2, 0.25) is 0 Å². The highest BCUT2D eigenvalue weighted by Gasteiger charge is 2.19. The zero-order chi connectivity index (χ0) is 52.9. The molecule has 0 aliphatic heterocycles. The standard InChI is InChI=1S/C67H116O6/c1-4-7-10-13-16-19-22-24-26-27-28-29-30-31-32-33-34-35-36-37-38-39-41-42-45-48-51-54-57-60-66(69)72-63-64(62-71-65(68)59-56-53-50-47-44-21-18-15-12-9-6-3)73-67(70)61-58-55-52-49-46-43-40-25-23-20-17-14-11-8-5-2/h8,11,15,17-18,20,22,24-25,27-28,40,46,49,64H,4-7,9-10,12-14,16,19,21,23,26,29-39,41-45,47-48,50-63H2,1-3H3/b11-8-,18-15-,20-17-,24-22-,28-27-,40-25-,49-46-. The second kappa shape index (κ2) is 61.1. The van der Waals surface area contributed by atoms with Crippen molar-refractivity contribution in [2.45, 2.75) is 309 Å². The maximum Gasteiger partial charge on any atom is 0.306 e. The minimum atomic E-state index is -0.801. The predicted octanol–water partition coefficient (Wildman–Crippen LogP) is 21.1. The molecule has 0 aromatic carbocycles. The number of allylic oxidation sites excluding steroid dienone is 14. The molecule has 0 fully saturated rings. The Kier molecular flexibility index (Phi) is 58.3. The molecule has 6 nitrogen and oxygen atoms in total. The van der Waals surface area contributed by atoms with E-state index in [2.05, 4.69) is 106 Å². The highest BCUT2D eigenvalue weighted by molar-refractivity contribution is 5.71. The van der Waals surface area contributed by atoms with Crippen molar-refractivity contribution in [2.75, 3.05) is 13.2 Å². The van der Waals surface area contributed by atoms with Crippen LogP contribution < -0.4 is 0 Å². The summed E-state index contributed by atoms with van der Waals surface area (Å²) >= 11 is 0. The molecule has 0 saturated heterocycles. The predicted molar refractivity (Wildman–Crippen MR) is 316 cm³/mol. The van der Waals surface area contributed by atoms with Crippen molar-refractivity contribution < 1.29 is 28.6 Å². The van der Waals surface area contributed by atoms with Crippen LogP contribution in [-0.2, 0) is 28.6 Å². The third-order valence-corrected chi connectivity index (χ3v) is 13.4. The van der Waals surface area contributed by atoms with Crippen molar-refractivity contribution >= 4 is 17.9 Å². The Morgan fingerprint density at radius 1 is 0.288 bits per heavy atom. The first kappa shape index (κ1) is 69.6. The number of unbranched alkanes of at least 4 members (excludes halogenated alkanes) is 31. The van der Waals surface area contributed by atoms with Gasteiger partial charge in [0.25, 0.3) is 0 Å². The van der Waals surface area contributed by atoms with E-state index >= 15 is 0 Å². The molecular formula is C67H116O6. The second-order valence-corrected chi connectivity index (χ2v) is 20.6. The first-order chi connectivity index (χ1) is 36.0. The zero-order valence-corrected chi connectivity index (χ0v) is 48.1. The fourth-order valence-electron chi connectivity index (χ4n) is 8.68. The summed E-state index contributed by atoms with van der Waals surface area (Å²) in [4.78, 5) is 38.1. The Bertz CT molecular complexity index is 1400. The molecule has 0 heterocycles. The monoisotopic (exact) mass is 1020 g/mol. The molecule has 0 amide bonds. The van der Waals surface area contributed by atoms with Gasteiger partial charge in [-0.05, 0) is 109 Å². The van der Waals surface area contributed by atoms with Gasteiger partial charge in [0.15, 0.2) is 6.10 Å². The van der Waals surface area contributed by atoms with Crippen molar-refractivity contribution in [3.8, 4) is 0 Å². The van der Waals surface area contributed by atoms with E-state index in [4.69, 9.17) is 14.2 Å². The van der Waals surface area contributed by atoms with E-state index in [0.717, 1.165) is 96.3 Å². The van der Waals surface area contributed by atoms with Crippen molar-refractivity contribution in [3.63, 3.8) is 0 Å². The first-order valence-electron chi connectivity index (χ1n) is 31.1. The number of ether oxygens (including phenoxy) is 3. The molecular weight excluding hydrogens is 901 g/mol. The number of rotatable bonds is 56. The molecule has 0 aliphatic rings. The summed E-state index contributed by atoms with van der Waals surface area (Å²) in [5.74, 6) is -0.939. The summed E-state index contributed by atoms with van der Waals surface area (Å²) in [7, 11) is 0. The van der Waals surface area contributed by atoms with Gasteiger partial charge in [0.1, 0.15) is 13.2 Å². The molecule has 1 atom stereocenters. The molecule has 0 saturated carbocycles. The second-order valence-electron chi connectivity index (χ2n) is 20.6. The lowest BCUT2D eigenvalue weighted by Crippen LogP contribution is -2.30. The molecule has 0 N–H and O–H groups in total. The Labute approximate surface area is 452 Å². The van der Waals surface area contributed by atoms with Crippen molar-refractivity contribution in [2.24, 2.45) is 0 Å². The Morgan fingerprint density at radius 2 is 0.548 bits per heavy atom. The third kappa shape index (κ3) is 59.3. The lowest BCUT2D eigenvalue weighted by atomic mass is 10.0. The van der Waals surface area contributed by atoms with E-state index in [0.29, 0.717) is 19.3 Å². The lowest BCUT2D eigenvalue weighted by molar-refractivity contribution is -0.167. The van der Waals surface area contributed by atoms with E-state index in [1.165, 1.54) is 161 Å². The number of carbonyl (C=O) groups is 3. The summed E-state index contributed by atoms with van der Waals surface area (Å²) in [6.45, 7) is 6.45. The fraction of sp³-hybridized carbons (Fsp3) is 0.746. The normalized spacial score (nSPS) is 12.6. The van der Waals surface area contributed by atoms with Gasteiger partial charge in [-0.15, -0.1) is 0 Å². The van der Waals surface area contributed by atoms with Gasteiger partial charge in [-0.1, -0.05) is 260 Å². The Morgan fingerprint density at radius 3 is 0.918 bits per heavy atom. The number of hydrogen-bond acceptors (Lipinski definition) is 6. The number of esters is 3. The lowest BCUT2D eigenvalue weighted by Gasteiger charge is -2.18. The van der Waals surface area contributed by atoms with Crippen molar-refractivity contribution in [1.82, 2.24) is 0 Å². The maximum absolute atomic E-state index is 12.8. The molecule has 0 radical (unpaired) electrons. The van der Waals surface area contributed by atoms with Gasteiger partial charge in [-0.2, -0.15) is 0 Å². The van der Waals surface area contributed by atoms with Crippen LogP contribution in [0.4, 0.5) is 0 Å². The quantitative estimate of drug-likeness (QED) is 0.0261. The number of carbonyl (C=O) groups excluding carboxylic acids is 3.